The van der Waals surface area contributed by atoms with E-state index in [0.717, 1.165) is 10.8 Å². The van der Waals surface area contributed by atoms with E-state index in [2.05, 4.69) is 4.98 Å². The fourth-order valence-electron chi connectivity index (χ4n) is 4.40. The summed E-state index contributed by atoms with van der Waals surface area (Å²) in [6.45, 7) is 0. The van der Waals surface area contributed by atoms with Gasteiger partial charge in [0.1, 0.15) is 5.76 Å². The van der Waals surface area contributed by atoms with Crippen LogP contribution in [0, 0.1) is 0 Å². The summed E-state index contributed by atoms with van der Waals surface area (Å²) in [5.74, 6) is -1.74. The predicted molar refractivity (Wildman–Crippen MR) is 136 cm³/mol. The van der Waals surface area contributed by atoms with Crippen LogP contribution >= 0.6 is 23.2 Å². The van der Waals surface area contributed by atoms with Crippen LogP contribution in [0.5, 0.6) is 5.75 Å². The first-order chi connectivity index (χ1) is 16.9. The number of pyridine rings is 1. The molecule has 0 aliphatic carbocycles. The molecule has 3 aromatic carbocycles. The van der Waals surface area contributed by atoms with E-state index in [0.29, 0.717) is 11.3 Å². The van der Waals surface area contributed by atoms with Gasteiger partial charge in [-0.05, 0) is 35.2 Å². The van der Waals surface area contributed by atoms with E-state index in [1.54, 1.807) is 30.6 Å². The number of hydrogen-bond acceptors (Lipinski definition) is 5. The molecule has 1 aliphatic rings. The molecular weight excluding hydrogens is 487 g/mol. The van der Waals surface area contributed by atoms with Gasteiger partial charge < -0.3 is 9.84 Å². The summed E-state index contributed by atoms with van der Waals surface area (Å²) in [5.41, 5.74) is 1.20. The van der Waals surface area contributed by atoms with Crippen LogP contribution in [0.25, 0.3) is 16.5 Å². The number of ether oxygens (including phenoxy) is 1. The van der Waals surface area contributed by atoms with Crippen LogP contribution in [-0.4, -0.2) is 28.9 Å². The SMILES string of the molecule is COc1c(Cl)cc(/C(O)=C2\C(=O)C(=O)N(c3cccc4ccccc34)C2c2cccnc2)cc1Cl. The van der Waals surface area contributed by atoms with Crippen LogP contribution in [0.2, 0.25) is 10.0 Å². The van der Waals surface area contributed by atoms with Crippen LogP contribution in [0.3, 0.4) is 0 Å². The summed E-state index contributed by atoms with van der Waals surface area (Å²) >= 11 is 12.6. The Bertz CT molecular complexity index is 1490. The Kier molecular flexibility index (Phi) is 5.93. The van der Waals surface area contributed by atoms with E-state index in [-0.39, 0.29) is 26.9 Å². The van der Waals surface area contributed by atoms with Crippen LogP contribution in [0.4, 0.5) is 5.69 Å². The topological polar surface area (TPSA) is 79.7 Å². The first-order valence-electron chi connectivity index (χ1n) is 10.6. The van der Waals surface area contributed by atoms with Crippen molar-refractivity contribution >= 4 is 57.1 Å². The lowest BCUT2D eigenvalue weighted by Crippen LogP contribution is -2.29. The molecule has 0 bridgehead atoms. The molecule has 2 heterocycles. The van der Waals surface area contributed by atoms with Crippen molar-refractivity contribution < 1.29 is 19.4 Å². The number of anilines is 1. The van der Waals surface area contributed by atoms with Gasteiger partial charge in [0, 0.05) is 23.3 Å². The third-order valence-electron chi connectivity index (χ3n) is 5.95. The number of carbonyl (C=O) groups is 2. The molecule has 1 atom stereocenters. The lowest BCUT2D eigenvalue weighted by atomic mass is 9.95. The molecule has 0 radical (unpaired) electrons. The Labute approximate surface area is 211 Å². The van der Waals surface area contributed by atoms with Crippen molar-refractivity contribution in [2.45, 2.75) is 6.04 Å². The number of aromatic nitrogens is 1. The first-order valence-corrected chi connectivity index (χ1v) is 11.4. The fourth-order valence-corrected chi connectivity index (χ4v) is 5.04. The average molecular weight is 505 g/mol. The molecule has 1 aliphatic heterocycles. The number of fused-ring (bicyclic) bond motifs is 1. The number of aliphatic hydroxyl groups excluding tert-OH is 1. The number of halogens is 2. The molecule has 1 unspecified atom stereocenters. The minimum Gasteiger partial charge on any atom is -0.507 e. The van der Waals surface area contributed by atoms with Gasteiger partial charge in [0.25, 0.3) is 11.7 Å². The monoisotopic (exact) mass is 504 g/mol. The van der Waals surface area contributed by atoms with Crippen molar-refractivity contribution in [2.75, 3.05) is 12.0 Å². The molecule has 4 aromatic rings. The summed E-state index contributed by atoms with van der Waals surface area (Å²) in [6, 6.07) is 18.5. The van der Waals surface area contributed by atoms with E-state index < -0.39 is 23.5 Å². The second-order valence-electron chi connectivity index (χ2n) is 7.93. The van der Waals surface area contributed by atoms with Crippen LogP contribution in [0.1, 0.15) is 17.2 Å². The van der Waals surface area contributed by atoms with Gasteiger partial charge in [-0.2, -0.15) is 0 Å². The van der Waals surface area contributed by atoms with Gasteiger partial charge in [0.2, 0.25) is 0 Å². The quantitative estimate of drug-likeness (QED) is 0.204. The minimum absolute atomic E-state index is 0.0896. The normalized spacial score (nSPS) is 17.2. The zero-order chi connectivity index (χ0) is 24.7. The molecule has 1 saturated heterocycles. The molecule has 8 heteroatoms. The van der Waals surface area contributed by atoms with Crippen molar-refractivity contribution in [1.82, 2.24) is 4.98 Å². The number of rotatable bonds is 4. The number of amides is 1. The Hall–Kier alpha value is -3.87. The number of methoxy groups -OCH3 is 1. The second-order valence-corrected chi connectivity index (χ2v) is 8.74. The number of ketones is 1. The maximum atomic E-state index is 13.5. The molecule has 5 rings (SSSR count). The van der Waals surface area contributed by atoms with Crippen molar-refractivity contribution in [2.24, 2.45) is 0 Å². The molecule has 1 N–H and O–H groups in total. The summed E-state index contributed by atoms with van der Waals surface area (Å²) in [7, 11) is 1.42. The molecule has 1 amide bonds. The van der Waals surface area contributed by atoms with E-state index in [9.17, 15) is 14.7 Å². The van der Waals surface area contributed by atoms with Crippen LogP contribution in [-0.2, 0) is 9.59 Å². The highest BCUT2D eigenvalue weighted by Gasteiger charge is 2.47. The van der Waals surface area contributed by atoms with Crippen molar-refractivity contribution in [3.05, 3.63) is 106 Å². The molecule has 6 nitrogen and oxygen atoms in total. The summed E-state index contributed by atoms with van der Waals surface area (Å²) in [5, 5.41) is 13.3. The first kappa shape index (κ1) is 22.9. The van der Waals surface area contributed by atoms with Crippen LogP contribution in [0.15, 0.2) is 84.7 Å². The molecule has 35 heavy (non-hydrogen) atoms. The lowest BCUT2D eigenvalue weighted by molar-refractivity contribution is -0.132. The van der Waals surface area contributed by atoms with Gasteiger partial charge in [0.15, 0.2) is 5.75 Å². The Balaban J connectivity index is 1.77. The second kappa shape index (κ2) is 9.06. The Morgan fingerprint density at radius 2 is 1.71 bits per heavy atom. The molecule has 174 valence electrons. The summed E-state index contributed by atoms with van der Waals surface area (Å²) in [6.07, 6.45) is 3.16. The maximum Gasteiger partial charge on any atom is 0.300 e. The van der Waals surface area contributed by atoms with E-state index in [1.165, 1.54) is 24.1 Å². The van der Waals surface area contributed by atoms with Gasteiger partial charge in [0.05, 0.1) is 34.5 Å². The Morgan fingerprint density at radius 3 is 2.40 bits per heavy atom. The van der Waals surface area contributed by atoms with Crippen LogP contribution < -0.4 is 9.64 Å². The molecule has 1 aromatic heterocycles. The molecule has 0 spiro atoms. The van der Waals surface area contributed by atoms with Gasteiger partial charge in [-0.3, -0.25) is 19.5 Å². The smallest absolute Gasteiger partial charge is 0.300 e. The van der Waals surface area contributed by atoms with Gasteiger partial charge in [-0.15, -0.1) is 0 Å². The van der Waals surface area contributed by atoms with Crippen molar-refractivity contribution in [3.63, 3.8) is 0 Å². The third-order valence-corrected chi connectivity index (χ3v) is 6.51. The molecular formula is C27H18Cl2N2O4. The number of nitrogens with zero attached hydrogens (tertiary/aromatic N) is 2. The highest BCUT2D eigenvalue weighted by atomic mass is 35.5. The highest BCUT2D eigenvalue weighted by Crippen LogP contribution is 2.45. The minimum atomic E-state index is -0.922. The van der Waals surface area contributed by atoms with E-state index in [1.807, 2.05) is 36.4 Å². The van der Waals surface area contributed by atoms with Gasteiger partial charge >= 0.3 is 0 Å². The van der Waals surface area contributed by atoms with Gasteiger partial charge in [-0.25, -0.2) is 0 Å². The predicted octanol–water partition coefficient (Wildman–Crippen LogP) is 6.18. The standard InChI is InChI=1S/C27H18Cl2N2O4/c1-35-26-19(28)12-17(13-20(26)29)24(32)22-23(16-8-5-11-30-14-16)31(27(34)25(22)33)21-10-4-7-15-6-2-3-9-18(15)21/h2-14,23,32H,1H3/b24-22+. The highest BCUT2D eigenvalue weighted by molar-refractivity contribution is 6.52. The largest absolute Gasteiger partial charge is 0.507 e. The number of aliphatic hydroxyl groups is 1. The number of Topliss-reactive ketones (excluding diaryl/α,β-unsaturated/α-hetero) is 1. The zero-order valence-corrected chi connectivity index (χ0v) is 19.9. The van der Waals surface area contributed by atoms with E-state index in [4.69, 9.17) is 27.9 Å². The molecule has 0 saturated carbocycles. The Morgan fingerprint density at radius 1 is 1.00 bits per heavy atom. The lowest BCUT2D eigenvalue weighted by Gasteiger charge is -2.26. The number of hydrogen-bond donors (Lipinski definition) is 1. The maximum absolute atomic E-state index is 13.5. The van der Waals surface area contributed by atoms with E-state index >= 15 is 0 Å². The number of carbonyl (C=O) groups excluding carboxylic acids is 2. The molecule has 1 fully saturated rings. The van der Waals surface area contributed by atoms with Gasteiger partial charge in [-0.1, -0.05) is 65.7 Å². The van der Waals surface area contributed by atoms with Crippen molar-refractivity contribution in [3.8, 4) is 5.75 Å². The zero-order valence-electron chi connectivity index (χ0n) is 18.4. The fraction of sp³-hybridized carbons (Fsp3) is 0.0741. The summed E-state index contributed by atoms with van der Waals surface area (Å²) < 4.78 is 5.18. The average Bonchev–Trinajstić information content (AvgIpc) is 3.13. The number of benzene rings is 3. The third kappa shape index (κ3) is 3.81. The van der Waals surface area contributed by atoms with Crippen molar-refractivity contribution in [1.29, 1.82) is 0 Å². The summed E-state index contributed by atoms with van der Waals surface area (Å²) in [4.78, 5) is 32.4.